The first-order valence-electron chi connectivity index (χ1n) is 8.35. The summed E-state index contributed by atoms with van der Waals surface area (Å²) in [6, 6.07) is 4.83. The number of carbonyl (C=O) groups excluding carboxylic acids is 2. The van der Waals surface area contributed by atoms with Crippen LogP contribution in [0.5, 0.6) is 0 Å². The minimum Gasteiger partial charge on any atom is -0.453 e. The standard InChI is InChI=1S/C18H19N3O5S/c1-12-9-20-15(10-19-12)18(23)26-11-17(22)14-5-6-16-13(8-14)4-3-7-21(16)27(2,24)25/h5-6,8-10H,3-4,7,11H2,1-2H3. The minimum absolute atomic E-state index is 0.0302. The summed E-state index contributed by atoms with van der Waals surface area (Å²) in [6.45, 7) is 1.74. The summed E-state index contributed by atoms with van der Waals surface area (Å²) in [4.78, 5) is 32.1. The van der Waals surface area contributed by atoms with Gasteiger partial charge in [-0.1, -0.05) is 0 Å². The maximum absolute atomic E-state index is 12.4. The van der Waals surface area contributed by atoms with Crippen LogP contribution in [-0.4, -0.2) is 49.5 Å². The fourth-order valence-corrected chi connectivity index (χ4v) is 3.86. The molecule has 2 aromatic rings. The lowest BCUT2D eigenvalue weighted by Crippen LogP contribution is -2.34. The molecule has 0 saturated carbocycles. The molecule has 0 unspecified atom stereocenters. The molecule has 0 aliphatic carbocycles. The van der Waals surface area contributed by atoms with E-state index in [4.69, 9.17) is 4.74 Å². The van der Waals surface area contributed by atoms with Gasteiger partial charge in [-0.25, -0.2) is 18.2 Å². The van der Waals surface area contributed by atoms with Gasteiger partial charge in [0.2, 0.25) is 10.0 Å². The van der Waals surface area contributed by atoms with Crippen LogP contribution in [0.25, 0.3) is 0 Å². The van der Waals surface area contributed by atoms with Gasteiger partial charge in [-0.05, 0) is 43.5 Å². The number of rotatable bonds is 5. The van der Waals surface area contributed by atoms with E-state index in [1.807, 2.05) is 0 Å². The minimum atomic E-state index is -3.36. The molecule has 0 saturated heterocycles. The number of benzene rings is 1. The number of hydrogen-bond acceptors (Lipinski definition) is 7. The van der Waals surface area contributed by atoms with Gasteiger partial charge in [-0.2, -0.15) is 0 Å². The molecule has 2 heterocycles. The van der Waals surface area contributed by atoms with Crippen LogP contribution in [0.15, 0.2) is 30.6 Å². The van der Waals surface area contributed by atoms with E-state index in [1.165, 1.54) is 16.7 Å². The zero-order valence-corrected chi connectivity index (χ0v) is 15.8. The number of carbonyl (C=O) groups is 2. The van der Waals surface area contributed by atoms with Gasteiger partial charge in [0.1, 0.15) is 0 Å². The summed E-state index contributed by atoms with van der Waals surface area (Å²) in [5.74, 6) is -1.10. The highest BCUT2D eigenvalue weighted by molar-refractivity contribution is 7.92. The first-order chi connectivity index (χ1) is 12.8. The van der Waals surface area contributed by atoms with Gasteiger partial charge in [0.15, 0.2) is 18.1 Å². The Morgan fingerprint density at radius 1 is 1.22 bits per heavy atom. The SMILES string of the molecule is Cc1cnc(C(=O)OCC(=O)c2ccc3c(c2)CCCN3S(C)(=O)=O)cn1. The second kappa shape index (κ2) is 7.43. The maximum atomic E-state index is 12.4. The molecule has 142 valence electrons. The van der Waals surface area contributed by atoms with Crippen molar-refractivity contribution in [1.29, 1.82) is 0 Å². The molecular formula is C18H19N3O5S. The monoisotopic (exact) mass is 389 g/mol. The molecule has 3 rings (SSSR count). The topological polar surface area (TPSA) is 107 Å². The number of esters is 1. The van der Waals surface area contributed by atoms with Crippen LogP contribution < -0.4 is 4.31 Å². The molecule has 0 N–H and O–H groups in total. The Kier molecular flexibility index (Phi) is 5.22. The molecule has 0 amide bonds. The largest absolute Gasteiger partial charge is 0.453 e. The molecule has 27 heavy (non-hydrogen) atoms. The summed E-state index contributed by atoms with van der Waals surface area (Å²) in [5, 5.41) is 0. The molecule has 9 heteroatoms. The van der Waals surface area contributed by atoms with Gasteiger partial charge in [-0.3, -0.25) is 14.1 Å². The Bertz CT molecular complexity index is 987. The fraction of sp³-hybridized carbons (Fsp3) is 0.333. The summed E-state index contributed by atoms with van der Waals surface area (Å²) < 4.78 is 30.1. The highest BCUT2D eigenvalue weighted by Gasteiger charge is 2.25. The van der Waals surface area contributed by atoms with Crippen molar-refractivity contribution in [2.24, 2.45) is 0 Å². The van der Waals surface area contributed by atoms with Crippen molar-refractivity contribution in [2.45, 2.75) is 19.8 Å². The number of ether oxygens (including phenoxy) is 1. The van der Waals surface area contributed by atoms with E-state index in [1.54, 1.807) is 25.1 Å². The van der Waals surface area contributed by atoms with Gasteiger partial charge >= 0.3 is 5.97 Å². The predicted molar refractivity (Wildman–Crippen MR) is 98.3 cm³/mol. The lowest BCUT2D eigenvalue weighted by atomic mass is 9.99. The smallest absolute Gasteiger partial charge is 0.358 e. The van der Waals surface area contributed by atoms with Crippen molar-refractivity contribution >= 4 is 27.5 Å². The highest BCUT2D eigenvalue weighted by Crippen LogP contribution is 2.30. The van der Waals surface area contributed by atoms with Gasteiger partial charge in [0, 0.05) is 18.3 Å². The number of anilines is 1. The molecular weight excluding hydrogens is 370 g/mol. The third kappa shape index (κ3) is 4.30. The lowest BCUT2D eigenvalue weighted by molar-refractivity contribution is 0.0468. The van der Waals surface area contributed by atoms with E-state index in [9.17, 15) is 18.0 Å². The van der Waals surface area contributed by atoms with E-state index in [0.717, 1.165) is 11.8 Å². The summed E-state index contributed by atoms with van der Waals surface area (Å²) in [6.07, 6.45) is 5.25. The Hall–Kier alpha value is -2.81. The zero-order valence-electron chi connectivity index (χ0n) is 15.0. The molecule has 0 fully saturated rings. The predicted octanol–water partition coefficient (Wildman–Crippen LogP) is 1.54. The average Bonchev–Trinajstić information content (AvgIpc) is 2.64. The van der Waals surface area contributed by atoms with Crippen LogP contribution >= 0.6 is 0 Å². The number of hydrogen-bond donors (Lipinski definition) is 0. The molecule has 0 bridgehead atoms. The Morgan fingerprint density at radius 2 is 2.00 bits per heavy atom. The molecule has 0 atom stereocenters. The first-order valence-corrected chi connectivity index (χ1v) is 10.2. The van der Waals surface area contributed by atoms with Crippen LogP contribution in [0.3, 0.4) is 0 Å². The zero-order chi connectivity index (χ0) is 19.6. The molecule has 0 radical (unpaired) electrons. The van der Waals surface area contributed by atoms with Crippen LogP contribution in [-0.2, 0) is 21.2 Å². The summed E-state index contributed by atoms with van der Waals surface area (Å²) in [5.41, 5.74) is 2.44. The number of fused-ring (bicyclic) bond motifs is 1. The second-order valence-corrected chi connectivity index (χ2v) is 8.23. The Balaban J connectivity index is 1.71. The molecule has 1 aliphatic rings. The molecule has 0 spiro atoms. The van der Waals surface area contributed by atoms with Gasteiger partial charge in [0.05, 0.1) is 23.8 Å². The van der Waals surface area contributed by atoms with Crippen molar-refractivity contribution in [3.8, 4) is 0 Å². The van der Waals surface area contributed by atoms with Crippen LogP contribution in [0, 0.1) is 6.92 Å². The Labute approximate surface area is 157 Å². The maximum Gasteiger partial charge on any atom is 0.358 e. The van der Waals surface area contributed by atoms with E-state index >= 15 is 0 Å². The van der Waals surface area contributed by atoms with Gasteiger partial charge in [0.25, 0.3) is 0 Å². The molecule has 1 aliphatic heterocycles. The van der Waals surface area contributed by atoms with E-state index in [2.05, 4.69) is 9.97 Å². The van der Waals surface area contributed by atoms with E-state index < -0.39 is 22.6 Å². The number of sulfonamides is 1. The third-order valence-corrected chi connectivity index (χ3v) is 5.38. The van der Waals surface area contributed by atoms with Crippen molar-refractivity contribution in [3.63, 3.8) is 0 Å². The molecule has 1 aromatic carbocycles. The van der Waals surface area contributed by atoms with Crippen LogP contribution in [0.2, 0.25) is 0 Å². The fourth-order valence-electron chi connectivity index (χ4n) is 2.87. The average molecular weight is 389 g/mol. The Morgan fingerprint density at radius 3 is 2.67 bits per heavy atom. The number of Topliss-reactive ketones (excluding diaryl/α,β-unsaturated/α-hetero) is 1. The van der Waals surface area contributed by atoms with Gasteiger partial charge in [-0.15, -0.1) is 0 Å². The summed E-state index contributed by atoms with van der Waals surface area (Å²) >= 11 is 0. The number of nitrogens with zero attached hydrogens (tertiary/aromatic N) is 3. The second-order valence-electron chi connectivity index (χ2n) is 6.32. The van der Waals surface area contributed by atoms with Crippen molar-refractivity contribution in [2.75, 3.05) is 23.7 Å². The van der Waals surface area contributed by atoms with Crippen molar-refractivity contribution < 1.29 is 22.7 Å². The van der Waals surface area contributed by atoms with Crippen LogP contribution in [0.4, 0.5) is 5.69 Å². The number of aromatic nitrogens is 2. The molecule has 8 nitrogen and oxygen atoms in total. The first kappa shape index (κ1) is 19.0. The normalized spacial score (nSPS) is 13.8. The lowest BCUT2D eigenvalue weighted by Gasteiger charge is -2.29. The van der Waals surface area contributed by atoms with Gasteiger partial charge < -0.3 is 4.74 Å². The van der Waals surface area contributed by atoms with E-state index in [-0.39, 0.29) is 11.5 Å². The quantitative estimate of drug-likeness (QED) is 0.564. The number of ketones is 1. The highest BCUT2D eigenvalue weighted by atomic mass is 32.2. The van der Waals surface area contributed by atoms with Crippen molar-refractivity contribution in [1.82, 2.24) is 9.97 Å². The molecule has 1 aromatic heterocycles. The van der Waals surface area contributed by atoms with E-state index in [0.29, 0.717) is 36.3 Å². The third-order valence-electron chi connectivity index (χ3n) is 4.20. The summed E-state index contributed by atoms with van der Waals surface area (Å²) in [7, 11) is -3.36. The van der Waals surface area contributed by atoms with Crippen LogP contribution in [0.1, 0.15) is 38.5 Å². The van der Waals surface area contributed by atoms with Crippen molar-refractivity contribution in [3.05, 3.63) is 53.1 Å². The number of aryl methyl sites for hydroxylation is 2.